The monoisotopic (exact) mass is 400 g/mol. The number of fused-ring (bicyclic) bond motifs is 1. The van der Waals surface area contributed by atoms with E-state index >= 15 is 0 Å². The van der Waals surface area contributed by atoms with Crippen LogP contribution in [0.3, 0.4) is 0 Å². The van der Waals surface area contributed by atoms with E-state index in [4.69, 9.17) is 0 Å². The predicted octanol–water partition coefficient (Wildman–Crippen LogP) is 5.04. The molecule has 6 heteroatoms. The van der Waals surface area contributed by atoms with Gasteiger partial charge in [-0.05, 0) is 35.2 Å². The number of benzene rings is 2. The molecule has 30 heavy (non-hydrogen) atoms. The summed E-state index contributed by atoms with van der Waals surface area (Å²) < 4.78 is 0. The maximum Gasteiger partial charge on any atom is 0.257 e. The van der Waals surface area contributed by atoms with Crippen LogP contribution >= 0.6 is 0 Å². The number of nitrogens with zero attached hydrogens (tertiary/aromatic N) is 2. The first kappa shape index (κ1) is 19.8. The third-order valence-corrected chi connectivity index (χ3v) is 5.14. The molecule has 3 aromatic rings. The van der Waals surface area contributed by atoms with E-state index < -0.39 is 0 Å². The van der Waals surface area contributed by atoms with Crippen LogP contribution in [0.4, 0.5) is 5.95 Å². The lowest BCUT2D eigenvalue weighted by atomic mass is 9.87. The number of H-pyrrole nitrogens is 1. The summed E-state index contributed by atoms with van der Waals surface area (Å²) in [6, 6.07) is 12.9. The largest absolute Gasteiger partial charge is 0.324 e. The Kier molecular flexibility index (Phi) is 5.08. The second kappa shape index (κ2) is 7.71. The fourth-order valence-corrected chi connectivity index (χ4v) is 3.42. The molecule has 0 radical (unpaired) electrons. The van der Waals surface area contributed by atoms with Gasteiger partial charge in [0.1, 0.15) is 5.52 Å². The Morgan fingerprint density at radius 2 is 1.87 bits per heavy atom. The van der Waals surface area contributed by atoms with Gasteiger partial charge >= 0.3 is 0 Å². The maximum absolute atomic E-state index is 12.7. The Morgan fingerprint density at radius 3 is 2.53 bits per heavy atom. The van der Waals surface area contributed by atoms with Crippen molar-refractivity contribution in [2.45, 2.75) is 39.0 Å². The van der Waals surface area contributed by atoms with Gasteiger partial charge in [-0.3, -0.25) is 19.9 Å². The van der Waals surface area contributed by atoms with Gasteiger partial charge < -0.3 is 4.98 Å². The van der Waals surface area contributed by atoms with Gasteiger partial charge in [0, 0.05) is 35.9 Å². The van der Waals surface area contributed by atoms with Crippen LogP contribution in [-0.4, -0.2) is 27.4 Å². The zero-order valence-electron chi connectivity index (χ0n) is 17.3. The highest BCUT2D eigenvalue weighted by atomic mass is 16.1. The molecule has 4 rings (SSSR count). The smallest absolute Gasteiger partial charge is 0.257 e. The van der Waals surface area contributed by atoms with Gasteiger partial charge in [-0.15, -0.1) is 0 Å². The number of carbonyl (C=O) groups excluding carboxylic acids is 2. The third kappa shape index (κ3) is 4.08. The fourth-order valence-electron chi connectivity index (χ4n) is 3.42. The van der Waals surface area contributed by atoms with Gasteiger partial charge in [0.25, 0.3) is 5.91 Å². The lowest BCUT2D eigenvalue weighted by molar-refractivity contribution is 0.0999. The topological polar surface area (TPSA) is 87.2 Å². The molecule has 0 unspecified atom stereocenters. The molecule has 152 valence electrons. The van der Waals surface area contributed by atoms with Crippen LogP contribution in [0.1, 0.15) is 59.9 Å². The van der Waals surface area contributed by atoms with Crippen LogP contribution in [0.5, 0.6) is 0 Å². The van der Waals surface area contributed by atoms with Crippen molar-refractivity contribution in [3.63, 3.8) is 0 Å². The molecule has 0 spiro atoms. The minimum Gasteiger partial charge on any atom is -0.324 e. The molecule has 1 amide bonds. The number of para-hydroxylation sites is 1. The number of carbonyl (C=O) groups is 2. The van der Waals surface area contributed by atoms with Crippen molar-refractivity contribution >= 4 is 34.4 Å². The van der Waals surface area contributed by atoms with E-state index in [1.165, 1.54) is 0 Å². The molecule has 2 heterocycles. The highest BCUT2D eigenvalue weighted by Gasteiger charge is 2.18. The number of rotatable bonds is 5. The fraction of sp³-hybridized carbons (Fsp3) is 0.250. The van der Waals surface area contributed by atoms with Crippen LogP contribution in [0, 0.1) is 0 Å². The first-order valence-electron chi connectivity index (χ1n) is 9.95. The number of amides is 1. The summed E-state index contributed by atoms with van der Waals surface area (Å²) in [5, 5.41) is 2.79. The summed E-state index contributed by atoms with van der Waals surface area (Å²) in [4.78, 5) is 37.1. The number of Topliss-reactive ketones (excluding diaryl/α,β-unsaturated/α-hetero) is 1. The average molecular weight is 400 g/mol. The number of hydrogen-bond acceptors (Lipinski definition) is 4. The van der Waals surface area contributed by atoms with Crippen molar-refractivity contribution in [2.24, 2.45) is 4.99 Å². The number of nitrogens with one attached hydrogen (secondary N) is 2. The zero-order valence-corrected chi connectivity index (χ0v) is 17.3. The summed E-state index contributed by atoms with van der Waals surface area (Å²) >= 11 is 0. The minimum absolute atomic E-state index is 0.0246. The van der Waals surface area contributed by atoms with Crippen molar-refractivity contribution in [1.82, 2.24) is 9.97 Å². The van der Waals surface area contributed by atoms with E-state index in [1.54, 1.807) is 18.3 Å². The van der Waals surface area contributed by atoms with Gasteiger partial charge in [-0.2, -0.15) is 0 Å². The van der Waals surface area contributed by atoms with Gasteiger partial charge in [-0.1, -0.05) is 45.0 Å². The van der Waals surface area contributed by atoms with E-state index in [2.05, 4.69) is 41.0 Å². The van der Waals surface area contributed by atoms with Gasteiger partial charge in [0.2, 0.25) is 5.95 Å². The van der Waals surface area contributed by atoms with Gasteiger partial charge in [0.15, 0.2) is 5.78 Å². The molecule has 0 bridgehead atoms. The molecular weight excluding hydrogens is 376 g/mol. The molecule has 2 aromatic carbocycles. The van der Waals surface area contributed by atoms with Crippen molar-refractivity contribution in [2.75, 3.05) is 5.32 Å². The highest BCUT2D eigenvalue weighted by Crippen LogP contribution is 2.23. The van der Waals surface area contributed by atoms with E-state index in [0.29, 0.717) is 34.5 Å². The molecular formula is C24H24N4O2. The molecule has 0 saturated heterocycles. The summed E-state index contributed by atoms with van der Waals surface area (Å²) in [6.45, 7) is 6.39. The van der Waals surface area contributed by atoms with Crippen LogP contribution in [0.2, 0.25) is 0 Å². The van der Waals surface area contributed by atoms with E-state index in [0.717, 1.165) is 11.3 Å². The van der Waals surface area contributed by atoms with Gasteiger partial charge in [0.05, 0.1) is 5.52 Å². The quantitative estimate of drug-likeness (QED) is 0.588. The number of anilines is 1. The summed E-state index contributed by atoms with van der Waals surface area (Å²) in [6.07, 6.45) is 4.62. The average Bonchev–Trinajstić information content (AvgIpc) is 3.36. The molecule has 1 aliphatic rings. The van der Waals surface area contributed by atoms with Gasteiger partial charge in [-0.25, -0.2) is 4.98 Å². The highest BCUT2D eigenvalue weighted by molar-refractivity contribution is 6.15. The number of aromatic amines is 1. The first-order chi connectivity index (χ1) is 14.3. The SMILES string of the molecule is CC(C)(C)c1ccc(C(=O)Nc2nc3c(C(=O)CC4=NC=CC4)cccc3[nH]2)cc1. The molecule has 6 nitrogen and oxygen atoms in total. The second-order valence-electron chi connectivity index (χ2n) is 8.45. The lowest BCUT2D eigenvalue weighted by Crippen LogP contribution is -2.15. The maximum atomic E-state index is 12.7. The van der Waals surface area contributed by atoms with E-state index in [-0.39, 0.29) is 23.5 Å². The number of imidazole rings is 1. The number of allylic oxidation sites excluding steroid dienone is 1. The van der Waals surface area contributed by atoms with Crippen LogP contribution in [0.15, 0.2) is 59.7 Å². The Balaban J connectivity index is 1.54. The minimum atomic E-state index is -0.256. The lowest BCUT2D eigenvalue weighted by Gasteiger charge is -2.18. The molecule has 0 saturated carbocycles. The van der Waals surface area contributed by atoms with Crippen molar-refractivity contribution in [1.29, 1.82) is 0 Å². The van der Waals surface area contributed by atoms with Crippen molar-refractivity contribution in [3.8, 4) is 0 Å². The summed E-state index contributed by atoms with van der Waals surface area (Å²) in [7, 11) is 0. The number of ketones is 1. The normalized spacial score (nSPS) is 13.5. The first-order valence-corrected chi connectivity index (χ1v) is 9.95. The molecule has 1 aliphatic heterocycles. The van der Waals surface area contributed by atoms with Crippen LogP contribution in [-0.2, 0) is 5.41 Å². The van der Waals surface area contributed by atoms with Crippen LogP contribution < -0.4 is 5.32 Å². The Hall–Kier alpha value is -3.54. The van der Waals surface area contributed by atoms with Crippen molar-refractivity contribution < 1.29 is 9.59 Å². The van der Waals surface area contributed by atoms with Crippen LogP contribution in [0.25, 0.3) is 11.0 Å². The standard InChI is InChI=1S/C24H24N4O2/c1-24(2,3)16-11-9-15(10-12-16)22(30)28-23-26-19-8-4-7-18(21(19)27-23)20(29)14-17-6-5-13-25-17/h4-5,7-13H,6,14H2,1-3H3,(H2,26,27,28,30). The Bertz CT molecular complexity index is 1180. The zero-order chi connectivity index (χ0) is 21.3. The van der Waals surface area contributed by atoms with E-state index in [9.17, 15) is 9.59 Å². The number of aromatic nitrogens is 2. The summed E-state index contributed by atoms with van der Waals surface area (Å²) in [5.41, 5.74) is 4.35. The molecule has 0 fully saturated rings. The Labute approximate surface area is 175 Å². The molecule has 0 atom stereocenters. The molecule has 1 aromatic heterocycles. The summed E-state index contributed by atoms with van der Waals surface area (Å²) in [5.74, 6) is 0.0222. The number of aliphatic imine (C=N–C) groups is 1. The second-order valence-corrected chi connectivity index (χ2v) is 8.45. The Morgan fingerprint density at radius 1 is 1.10 bits per heavy atom. The van der Waals surface area contributed by atoms with Crippen molar-refractivity contribution in [3.05, 3.63) is 71.4 Å². The predicted molar refractivity (Wildman–Crippen MR) is 119 cm³/mol. The third-order valence-electron chi connectivity index (χ3n) is 5.14. The molecule has 0 aliphatic carbocycles. The molecule has 2 N–H and O–H groups in total. The number of hydrogen-bond donors (Lipinski definition) is 2. The van der Waals surface area contributed by atoms with E-state index in [1.807, 2.05) is 36.4 Å².